The molecule has 0 saturated heterocycles. The number of rotatable bonds is 12. The molecule has 224 valence electrons. The van der Waals surface area contributed by atoms with E-state index in [1.165, 1.54) is 43.2 Å². The van der Waals surface area contributed by atoms with Crippen LogP contribution in [0.1, 0.15) is 37.5 Å². The lowest BCUT2D eigenvalue weighted by atomic mass is 10.1. The van der Waals surface area contributed by atoms with Crippen molar-refractivity contribution < 1.29 is 27.7 Å². The predicted molar refractivity (Wildman–Crippen MR) is 160 cm³/mol. The monoisotopic (exact) mass is 596 g/mol. The fourth-order valence-corrected chi connectivity index (χ4v) is 5.74. The molecule has 0 saturated carbocycles. The van der Waals surface area contributed by atoms with Crippen LogP contribution in [0.4, 0.5) is 11.4 Å². The van der Waals surface area contributed by atoms with Gasteiger partial charge in [0.1, 0.15) is 18.3 Å². The van der Waals surface area contributed by atoms with Gasteiger partial charge in [-0.05, 0) is 76.1 Å². The number of anilines is 1. The van der Waals surface area contributed by atoms with E-state index in [2.05, 4.69) is 5.32 Å². The first-order valence-corrected chi connectivity index (χ1v) is 14.8. The van der Waals surface area contributed by atoms with E-state index < -0.39 is 33.4 Å². The molecule has 0 aliphatic rings. The van der Waals surface area contributed by atoms with Crippen LogP contribution >= 0.6 is 0 Å². The summed E-state index contributed by atoms with van der Waals surface area (Å²) in [7, 11) is -3.02. The maximum Gasteiger partial charge on any atom is 0.273 e. The second kappa shape index (κ2) is 13.5. The molecule has 3 rings (SSSR count). The van der Waals surface area contributed by atoms with E-state index >= 15 is 0 Å². The van der Waals surface area contributed by atoms with E-state index in [1.54, 1.807) is 32.9 Å². The first-order chi connectivity index (χ1) is 19.8. The normalized spacial score (nSPS) is 12.0. The molecule has 0 heterocycles. The van der Waals surface area contributed by atoms with Crippen molar-refractivity contribution in [2.45, 2.75) is 58.1 Å². The van der Waals surface area contributed by atoms with Crippen LogP contribution in [-0.2, 0) is 26.2 Å². The minimum absolute atomic E-state index is 0.0602. The average molecular weight is 597 g/mol. The Balaban J connectivity index is 2.10. The number of nitrogens with one attached hydrogen (secondary N) is 1. The SMILES string of the molecule is COc1ccc(N(CC(=O)N(Cc2ccccc2C)C(C)C(=O)NC(C)C)S(=O)(=O)c2ccc(C)c([N+](=O)[O-])c2)cc1. The molecule has 0 bridgehead atoms. The van der Waals surface area contributed by atoms with E-state index in [1.807, 2.05) is 31.2 Å². The third kappa shape index (κ3) is 7.43. The van der Waals surface area contributed by atoms with Gasteiger partial charge in [-0.2, -0.15) is 0 Å². The van der Waals surface area contributed by atoms with Crippen LogP contribution in [0.3, 0.4) is 0 Å². The minimum atomic E-state index is -4.48. The number of hydrogen-bond donors (Lipinski definition) is 1. The number of nitro benzene ring substituents is 1. The molecule has 0 aromatic heterocycles. The molecule has 0 fully saturated rings. The van der Waals surface area contributed by atoms with Crippen molar-refractivity contribution in [3.8, 4) is 5.75 Å². The predicted octanol–water partition coefficient (Wildman–Crippen LogP) is 4.36. The Morgan fingerprint density at radius 2 is 1.62 bits per heavy atom. The second-order valence-corrected chi connectivity index (χ2v) is 12.1. The molecular formula is C30H36N4O7S. The van der Waals surface area contributed by atoms with Crippen molar-refractivity contribution in [1.82, 2.24) is 10.2 Å². The van der Waals surface area contributed by atoms with Crippen molar-refractivity contribution in [3.05, 3.63) is 93.5 Å². The van der Waals surface area contributed by atoms with Crippen LogP contribution in [-0.4, -0.2) is 55.8 Å². The number of methoxy groups -OCH3 is 1. The highest BCUT2D eigenvalue weighted by Gasteiger charge is 2.33. The summed E-state index contributed by atoms with van der Waals surface area (Å²) in [5, 5.41) is 14.4. The van der Waals surface area contributed by atoms with Gasteiger partial charge in [0, 0.05) is 24.2 Å². The molecule has 1 unspecified atom stereocenters. The smallest absolute Gasteiger partial charge is 0.273 e. The number of hydrogen-bond acceptors (Lipinski definition) is 7. The van der Waals surface area contributed by atoms with Gasteiger partial charge in [-0.3, -0.25) is 24.0 Å². The van der Waals surface area contributed by atoms with Gasteiger partial charge in [0.25, 0.3) is 15.7 Å². The summed E-state index contributed by atoms with van der Waals surface area (Å²) in [4.78, 5) is 39.0. The molecule has 3 aromatic carbocycles. The van der Waals surface area contributed by atoms with Gasteiger partial charge in [0.15, 0.2) is 0 Å². The van der Waals surface area contributed by atoms with Gasteiger partial charge in [-0.1, -0.05) is 30.3 Å². The lowest BCUT2D eigenvalue weighted by molar-refractivity contribution is -0.385. The third-order valence-electron chi connectivity index (χ3n) is 6.80. The van der Waals surface area contributed by atoms with Crippen molar-refractivity contribution >= 4 is 33.2 Å². The molecular weight excluding hydrogens is 560 g/mol. The van der Waals surface area contributed by atoms with Crippen molar-refractivity contribution in [3.63, 3.8) is 0 Å². The van der Waals surface area contributed by atoms with Crippen molar-refractivity contribution in [2.24, 2.45) is 0 Å². The second-order valence-electron chi connectivity index (χ2n) is 10.2. The highest BCUT2D eigenvalue weighted by molar-refractivity contribution is 7.92. The Morgan fingerprint density at radius 1 is 0.976 bits per heavy atom. The molecule has 1 atom stereocenters. The molecule has 42 heavy (non-hydrogen) atoms. The highest BCUT2D eigenvalue weighted by atomic mass is 32.2. The summed E-state index contributed by atoms with van der Waals surface area (Å²) in [6.45, 7) is 7.98. The largest absolute Gasteiger partial charge is 0.497 e. The summed E-state index contributed by atoms with van der Waals surface area (Å²) < 4.78 is 34.1. The molecule has 1 N–H and O–H groups in total. The van der Waals surface area contributed by atoms with Gasteiger partial charge < -0.3 is 15.0 Å². The van der Waals surface area contributed by atoms with Gasteiger partial charge in [-0.15, -0.1) is 0 Å². The zero-order chi connectivity index (χ0) is 31.2. The van der Waals surface area contributed by atoms with Crippen molar-refractivity contribution in [1.29, 1.82) is 0 Å². The lowest BCUT2D eigenvalue weighted by Gasteiger charge is -2.32. The number of aryl methyl sites for hydroxylation is 2. The van der Waals surface area contributed by atoms with E-state index in [0.717, 1.165) is 21.5 Å². The van der Waals surface area contributed by atoms with Gasteiger partial charge in [0.05, 0.1) is 22.6 Å². The molecule has 0 aliphatic carbocycles. The van der Waals surface area contributed by atoms with Gasteiger partial charge in [-0.25, -0.2) is 8.42 Å². The molecule has 0 radical (unpaired) electrons. The summed E-state index contributed by atoms with van der Waals surface area (Å²) in [6, 6.07) is 15.9. The van der Waals surface area contributed by atoms with Crippen LogP contribution in [0.2, 0.25) is 0 Å². The van der Waals surface area contributed by atoms with Crippen LogP contribution in [0, 0.1) is 24.0 Å². The third-order valence-corrected chi connectivity index (χ3v) is 8.57. The average Bonchev–Trinajstić information content (AvgIpc) is 2.94. The maximum absolute atomic E-state index is 14.0. The summed E-state index contributed by atoms with van der Waals surface area (Å²) in [5.74, 6) is -0.556. The number of sulfonamides is 1. The molecule has 3 aromatic rings. The number of nitro groups is 1. The molecule has 12 heteroatoms. The Morgan fingerprint density at radius 3 is 2.19 bits per heavy atom. The maximum atomic E-state index is 14.0. The zero-order valence-electron chi connectivity index (χ0n) is 24.5. The van der Waals surface area contributed by atoms with E-state index in [-0.39, 0.29) is 34.8 Å². The number of ether oxygens (including phenoxy) is 1. The topological polar surface area (TPSA) is 139 Å². The Kier molecular flexibility index (Phi) is 10.3. The molecule has 0 spiro atoms. The van der Waals surface area contributed by atoms with Gasteiger partial charge >= 0.3 is 0 Å². The fourth-order valence-electron chi connectivity index (χ4n) is 4.31. The Hall–Kier alpha value is -4.45. The highest BCUT2D eigenvalue weighted by Crippen LogP contribution is 2.29. The standard InChI is InChI=1S/C30H36N4O7S/c1-20(2)31-30(36)23(5)32(18-24-10-8-7-9-21(24)3)29(35)19-33(25-12-14-26(41-6)15-13-25)42(39,40)27-16-11-22(4)28(17-27)34(37)38/h7-17,20,23H,18-19H2,1-6H3,(H,31,36). The molecule has 2 amide bonds. The summed E-state index contributed by atoms with van der Waals surface area (Å²) in [6.07, 6.45) is 0. The van der Waals surface area contributed by atoms with Crippen LogP contribution in [0.15, 0.2) is 71.6 Å². The number of carbonyl (C=O) groups is 2. The van der Waals surface area contributed by atoms with E-state index in [9.17, 15) is 28.1 Å². The quantitative estimate of drug-likeness (QED) is 0.242. The molecule has 0 aliphatic heterocycles. The Bertz CT molecular complexity index is 1560. The fraction of sp³-hybridized carbons (Fsp3) is 0.333. The number of nitrogens with zero attached hydrogens (tertiary/aromatic N) is 3. The minimum Gasteiger partial charge on any atom is -0.497 e. The van der Waals surface area contributed by atoms with E-state index in [4.69, 9.17) is 4.74 Å². The number of carbonyl (C=O) groups excluding carboxylic acids is 2. The van der Waals surface area contributed by atoms with Crippen LogP contribution in [0.25, 0.3) is 0 Å². The van der Waals surface area contributed by atoms with Crippen LogP contribution < -0.4 is 14.4 Å². The first kappa shape index (κ1) is 32.1. The number of benzene rings is 3. The summed E-state index contributed by atoms with van der Waals surface area (Å²) in [5.41, 5.74) is 1.77. The first-order valence-electron chi connectivity index (χ1n) is 13.3. The van der Waals surface area contributed by atoms with Crippen molar-refractivity contribution in [2.75, 3.05) is 18.0 Å². The van der Waals surface area contributed by atoms with Crippen LogP contribution in [0.5, 0.6) is 5.75 Å². The lowest BCUT2D eigenvalue weighted by Crippen LogP contribution is -2.52. The summed E-state index contributed by atoms with van der Waals surface area (Å²) >= 11 is 0. The van der Waals surface area contributed by atoms with E-state index in [0.29, 0.717) is 11.3 Å². The molecule has 11 nitrogen and oxygen atoms in total. The zero-order valence-corrected chi connectivity index (χ0v) is 25.3. The number of amides is 2. The Labute approximate surface area is 246 Å². The van der Waals surface area contributed by atoms with Gasteiger partial charge in [0.2, 0.25) is 11.8 Å².